The number of hydrogen-bond acceptors (Lipinski definition) is 4. The molecule has 4 heteroatoms. The van der Waals surface area contributed by atoms with Crippen LogP contribution in [-0.2, 0) is 15.6 Å². The van der Waals surface area contributed by atoms with Crippen molar-refractivity contribution in [1.82, 2.24) is 0 Å². The number of carbonyl (C=O) groups excluding carboxylic acids is 2. The Morgan fingerprint density at radius 1 is 1.00 bits per heavy atom. The SMILES string of the molecule is COC(=O)c1ccc(/C=C2\CSc3cc4c(cc3C2=O)C(C)(C)CCC4(C)C)cc1. The number of hydrogen-bond donors (Lipinski definition) is 0. The minimum absolute atomic E-state index is 0.0792. The van der Waals surface area contributed by atoms with E-state index in [0.29, 0.717) is 11.3 Å². The molecule has 0 bridgehead atoms. The number of Topliss-reactive ketones (excluding diaryl/α,β-unsaturated/α-hetero) is 1. The van der Waals surface area contributed by atoms with E-state index in [4.69, 9.17) is 4.74 Å². The van der Waals surface area contributed by atoms with Crippen LogP contribution < -0.4 is 0 Å². The number of ketones is 1. The first-order valence-corrected chi connectivity index (χ1v) is 11.4. The topological polar surface area (TPSA) is 43.4 Å². The lowest BCUT2D eigenvalue weighted by molar-refractivity contribution is 0.0600. The van der Waals surface area contributed by atoms with Crippen molar-refractivity contribution in [2.24, 2.45) is 0 Å². The summed E-state index contributed by atoms with van der Waals surface area (Å²) in [6, 6.07) is 11.6. The maximum absolute atomic E-state index is 13.3. The van der Waals surface area contributed by atoms with Gasteiger partial charge in [-0.3, -0.25) is 4.79 Å². The van der Waals surface area contributed by atoms with Gasteiger partial charge in [-0.15, -0.1) is 11.8 Å². The predicted octanol–water partition coefficient (Wildman–Crippen LogP) is 6.19. The monoisotopic (exact) mass is 420 g/mol. The van der Waals surface area contributed by atoms with Crippen LogP contribution in [0.1, 0.15) is 77.9 Å². The van der Waals surface area contributed by atoms with Gasteiger partial charge < -0.3 is 4.74 Å². The number of thioether (sulfide) groups is 1. The van der Waals surface area contributed by atoms with E-state index in [1.807, 2.05) is 18.2 Å². The van der Waals surface area contributed by atoms with Crippen molar-refractivity contribution >= 4 is 29.6 Å². The van der Waals surface area contributed by atoms with Crippen LogP contribution in [-0.4, -0.2) is 24.6 Å². The minimum Gasteiger partial charge on any atom is -0.465 e. The first-order valence-electron chi connectivity index (χ1n) is 10.4. The van der Waals surface area contributed by atoms with Crippen molar-refractivity contribution in [3.63, 3.8) is 0 Å². The predicted molar refractivity (Wildman–Crippen MR) is 123 cm³/mol. The van der Waals surface area contributed by atoms with E-state index in [9.17, 15) is 9.59 Å². The van der Waals surface area contributed by atoms with Gasteiger partial charge in [-0.1, -0.05) is 39.8 Å². The minimum atomic E-state index is -0.359. The van der Waals surface area contributed by atoms with Gasteiger partial charge in [0.05, 0.1) is 12.7 Å². The van der Waals surface area contributed by atoms with Crippen molar-refractivity contribution in [2.75, 3.05) is 12.9 Å². The zero-order chi connectivity index (χ0) is 21.7. The summed E-state index contributed by atoms with van der Waals surface area (Å²) in [5.74, 6) is 0.415. The van der Waals surface area contributed by atoms with Crippen molar-refractivity contribution in [1.29, 1.82) is 0 Å². The first-order chi connectivity index (χ1) is 14.1. The second-order valence-electron chi connectivity index (χ2n) is 9.56. The van der Waals surface area contributed by atoms with Gasteiger partial charge in [-0.05, 0) is 70.7 Å². The second kappa shape index (κ2) is 7.42. The van der Waals surface area contributed by atoms with Crippen molar-refractivity contribution < 1.29 is 14.3 Å². The summed E-state index contributed by atoms with van der Waals surface area (Å²) in [4.78, 5) is 26.1. The average Bonchev–Trinajstić information content (AvgIpc) is 2.73. The molecule has 0 N–H and O–H groups in total. The van der Waals surface area contributed by atoms with Crippen LogP contribution in [0, 0.1) is 0 Å². The Hall–Kier alpha value is -2.33. The smallest absolute Gasteiger partial charge is 0.337 e. The molecule has 0 fully saturated rings. The van der Waals surface area contributed by atoms with Gasteiger partial charge in [-0.2, -0.15) is 0 Å². The fourth-order valence-corrected chi connectivity index (χ4v) is 5.46. The van der Waals surface area contributed by atoms with Crippen LogP contribution in [0.3, 0.4) is 0 Å². The largest absolute Gasteiger partial charge is 0.465 e. The van der Waals surface area contributed by atoms with E-state index < -0.39 is 0 Å². The standard InChI is InChI=1S/C26H28O3S/c1-25(2)10-11-26(3,4)21-14-22-19(13-20(21)25)23(27)18(15-30-22)12-16-6-8-17(9-7-16)24(28)29-5/h6-9,12-14H,10-11,15H2,1-5H3/b18-12+. The Kier molecular flexibility index (Phi) is 5.17. The molecule has 2 aliphatic rings. The molecule has 4 rings (SSSR count). The van der Waals surface area contributed by atoms with Gasteiger partial charge in [0, 0.05) is 21.8 Å². The highest BCUT2D eigenvalue weighted by Gasteiger charge is 2.39. The molecule has 0 radical (unpaired) electrons. The Morgan fingerprint density at radius 3 is 2.20 bits per heavy atom. The molecule has 156 valence electrons. The van der Waals surface area contributed by atoms with E-state index in [-0.39, 0.29) is 22.6 Å². The Balaban J connectivity index is 1.70. The fourth-order valence-electron chi connectivity index (χ4n) is 4.43. The summed E-state index contributed by atoms with van der Waals surface area (Å²) in [7, 11) is 1.37. The molecule has 0 amide bonds. The molecule has 0 unspecified atom stereocenters. The van der Waals surface area contributed by atoms with Crippen LogP contribution in [0.5, 0.6) is 0 Å². The summed E-state index contributed by atoms with van der Waals surface area (Å²) in [5, 5.41) is 0. The molecule has 3 nitrogen and oxygen atoms in total. The van der Waals surface area contributed by atoms with Crippen molar-refractivity contribution in [3.8, 4) is 0 Å². The average molecular weight is 421 g/mol. The van der Waals surface area contributed by atoms with Gasteiger partial charge in [0.2, 0.25) is 0 Å². The highest BCUT2D eigenvalue weighted by molar-refractivity contribution is 7.99. The van der Waals surface area contributed by atoms with Crippen molar-refractivity contribution in [2.45, 2.75) is 56.3 Å². The normalized spacial score (nSPS) is 20.4. The number of carbonyl (C=O) groups is 2. The van der Waals surface area contributed by atoms with Gasteiger partial charge in [0.15, 0.2) is 5.78 Å². The number of esters is 1. The third-order valence-corrected chi connectivity index (χ3v) is 7.65. The molecule has 0 aromatic heterocycles. The van der Waals surface area contributed by atoms with Crippen LogP contribution in [0.25, 0.3) is 6.08 Å². The Morgan fingerprint density at radius 2 is 1.60 bits per heavy atom. The van der Waals surface area contributed by atoms with E-state index in [0.717, 1.165) is 34.4 Å². The van der Waals surface area contributed by atoms with Gasteiger partial charge >= 0.3 is 5.97 Å². The zero-order valence-electron chi connectivity index (χ0n) is 18.3. The summed E-state index contributed by atoms with van der Waals surface area (Å²) in [6.07, 6.45) is 4.23. The Bertz CT molecular complexity index is 1060. The van der Waals surface area contributed by atoms with Crippen LogP contribution in [0.15, 0.2) is 46.9 Å². The van der Waals surface area contributed by atoms with E-state index in [1.54, 1.807) is 23.9 Å². The van der Waals surface area contributed by atoms with Crippen LogP contribution in [0.4, 0.5) is 0 Å². The lowest BCUT2D eigenvalue weighted by atomic mass is 9.63. The summed E-state index contributed by atoms with van der Waals surface area (Å²) < 4.78 is 4.75. The molecule has 0 saturated heterocycles. The third-order valence-electron chi connectivity index (χ3n) is 6.55. The van der Waals surface area contributed by atoms with Gasteiger partial charge in [-0.25, -0.2) is 4.79 Å². The third kappa shape index (κ3) is 3.62. The molecule has 2 aromatic rings. The molecule has 1 aliphatic carbocycles. The number of rotatable bonds is 2. The fraction of sp³-hybridized carbons (Fsp3) is 0.385. The molecule has 1 heterocycles. The zero-order valence-corrected chi connectivity index (χ0v) is 19.1. The Labute approximate surface area is 182 Å². The molecule has 2 aromatic carbocycles. The molecule has 0 spiro atoms. The van der Waals surface area contributed by atoms with Gasteiger partial charge in [0.25, 0.3) is 0 Å². The lowest BCUT2D eigenvalue weighted by Gasteiger charge is -2.42. The summed E-state index contributed by atoms with van der Waals surface area (Å²) in [5.41, 5.74) is 5.97. The molecular weight excluding hydrogens is 392 g/mol. The summed E-state index contributed by atoms with van der Waals surface area (Å²) >= 11 is 1.74. The quantitative estimate of drug-likeness (QED) is 0.429. The molecule has 0 atom stereocenters. The number of methoxy groups -OCH3 is 1. The number of ether oxygens (including phenoxy) is 1. The van der Waals surface area contributed by atoms with Crippen LogP contribution in [0.2, 0.25) is 0 Å². The molecule has 1 aliphatic heterocycles. The number of benzene rings is 2. The van der Waals surface area contributed by atoms with Gasteiger partial charge in [0.1, 0.15) is 0 Å². The maximum Gasteiger partial charge on any atom is 0.337 e. The highest BCUT2D eigenvalue weighted by atomic mass is 32.2. The molecule has 30 heavy (non-hydrogen) atoms. The maximum atomic E-state index is 13.3. The highest BCUT2D eigenvalue weighted by Crippen LogP contribution is 2.48. The molecule has 0 saturated carbocycles. The molecular formula is C26H28O3S. The summed E-state index contributed by atoms with van der Waals surface area (Å²) in [6.45, 7) is 9.19. The van der Waals surface area contributed by atoms with Crippen LogP contribution >= 0.6 is 11.8 Å². The second-order valence-corrected chi connectivity index (χ2v) is 10.6. The number of fused-ring (bicyclic) bond motifs is 2. The van der Waals surface area contributed by atoms with E-state index in [2.05, 4.69) is 39.8 Å². The van der Waals surface area contributed by atoms with Crippen molar-refractivity contribution in [3.05, 3.63) is 69.8 Å². The first kappa shape index (κ1) is 20.9. The lowest BCUT2D eigenvalue weighted by Crippen LogP contribution is -2.34. The van der Waals surface area contributed by atoms with E-state index >= 15 is 0 Å². The van der Waals surface area contributed by atoms with E-state index in [1.165, 1.54) is 18.2 Å².